The second kappa shape index (κ2) is 6.47. The second-order valence-electron chi connectivity index (χ2n) is 4.57. The number of aryl methyl sites for hydroxylation is 1. The molecule has 1 aromatic rings. The Bertz CT molecular complexity index is 402. The third-order valence-corrected chi connectivity index (χ3v) is 2.99. The van der Waals surface area contributed by atoms with Gasteiger partial charge in [0.15, 0.2) is 0 Å². The van der Waals surface area contributed by atoms with E-state index in [1.165, 1.54) is 0 Å². The first-order chi connectivity index (χ1) is 8.74. The lowest BCUT2D eigenvalue weighted by atomic mass is 10.3. The van der Waals surface area contributed by atoms with Crippen LogP contribution in [0, 0.1) is 6.92 Å². The van der Waals surface area contributed by atoms with Gasteiger partial charge < -0.3 is 10.6 Å². The number of hydrogen-bond acceptors (Lipinski definition) is 4. The molecule has 2 N–H and O–H groups in total. The highest BCUT2D eigenvalue weighted by Crippen LogP contribution is 1.97. The van der Waals surface area contributed by atoms with Gasteiger partial charge in [0.25, 0.3) is 0 Å². The fraction of sp³-hybridized carbons (Fsp3) is 0.538. The first kappa shape index (κ1) is 13.0. The number of nitrogens with one attached hydrogen (secondary N) is 2. The van der Waals surface area contributed by atoms with Crippen molar-refractivity contribution in [3.63, 3.8) is 0 Å². The Labute approximate surface area is 108 Å². The van der Waals surface area contributed by atoms with E-state index in [-0.39, 0.29) is 5.91 Å². The van der Waals surface area contributed by atoms with Crippen molar-refractivity contribution in [1.29, 1.82) is 0 Å². The lowest BCUT2D eigenvalue weighted by Gasteiger charge is -2.26. The van der Waals surface area contributed by atoms with Crippen LogP contribution in [0.25, 0.3) is 0 Å². The van der Waals surface area contributed by atoms with Gasteiger partial charge >= 0.3 is 0 Å². The Kier molecular flexibility index (Phi) is 4.66. The molecule has 1 aromatic heterocycles. The van der Waals surface area contributed by atoms with Gasteiger partial charge in [-0.2, -0.15) is 0 Å². The summed E-state index contributed by atoms with van der Waals surface area (Å²) < 4.78 is 0. The predicted molar refractivity (Wildman–Crippen MR) is 70.1 cm³/mol. The normalized spacial score (nSPS) is 16.5. The molecule has 0 spiro atoms. The molecule has 98 valence electrons. The summed E-state index contributed by atoms with van der Waals surface area (Å²) in [5.41, 5.74) is 1.88. The van der Waals surface area contributed by atoms with Crippen molar-refractivity contribution in [3.05, 3.63) is 29.6 Å². The maximum Gasteiger partial charge on any atom is 0.234 e. The highest BCUT2D eigenvalue weighted by molar-refractivity contribution is 5.77. The van der Waals surface area contributed by atoms with Crippen LogP contribution in [0.1, 0.15) is 11.4 Å². The minimum atomic E-state index is 0.0696. The van der Waals surface area contributed by atoms with Crippen molar-refractivity contribution < 1.29 is 4.79 Å². The summed E-state index contributed by atoms with van der Waals surface area (Å²) in [6.45, 7) is 6.75. The Morgan fingerprint density at radius 1 is 1.44 bits per heavy atom. The van der Waals surface area contributed by atoms with Gasteiger partial charge in [-0.25, -0.2) is 0 Å². The minimum Gasteiger partial charge on any atom is -0.349 e. The zero-order valence-electron chi connectivity index (χ0n) is 10.8. The molecule has 0 bridgehead atoms. The van der Waals surface area contributed by atoms with Crippen molar-refractivity contribution in [1.82, 2.24) is 20.5 Å². The van der Waals surface area contributed by atoms with Gasteiger partial charge in [0.05, 0.1) is 18.8 Å². The van der Waals surface area contributed by atoms with Gasteiger partial charge in [0.2, 0.25) is 5.91 Å². The van der Waals surface area contributed by atoms with Gasteiger partial charge in [-0.1, -0.05) is 6.07 Å². The number of carbonyl (C=O) groups excluding carboxylic acids is 1. The van der Waals surface area contributed by atoms with Crippen LogP contribution < -0.4 is 10.6 Å². The first-order valence-corrected chi connectivity index (χ1v) is 6.36. The fourth-order valence-electron chi connectivity index (χ4n) is 2.02. The predicted octanol–water partition coefficient (Wildman–Crippen LogP) is -0.0886. The average Bonchev–Trinajstić information content (AvgIpc) is 2.38. The first-order valence-electron chi connectivity index (χ1n) is 6.36. The van der Waals surface area contributed by atoms with E-state index in [1.807, 2.05) is 25.1 Å². The Morgan fingerprint density at radius 2 is 2.22 bits per heavy atom. The van der Waals surface area contributed by atoms with Crippen LogP contribution in [0.15, 0.2) is 18.2 Å². The lowest BCUT2D eigenvalue weighted by Crippen LogP contribution is -2.47. The number of carbonyl (C=O) groups is 1. The van der Waals surface area contributed by atoms with Crippen LogP contribution in [0.3, 0.4) is 0 Å². The standard InChI is InChI=1S/C13H20N4O/c1-11-3-2-4-12(16-11)9-15-13(18)10-17-7-5-14-6-8-17/h2-4,14H,5-10H2,1H3,(H,15,18). The van der Waals surface area contributed by atoms with Crippen molar-refractivity contribution in [2.24, 2.45) is 0 Å². The van der Waals surface area contributed by atoms with Gasteiger partial charge in [-0.3, -0.25) is 14.7 Å². The zero-order valence-corrected chi connectivity index (χ0v) is 10.8. The second-order valence-corrected chi connectivity index (χ2v) is 4.57. The minimum absolute atomic E-state index is 0.0696. The molecule has 2 rings (SSSR count). The van der Waals surface area contributed by atoms with Crippen LogP contribution in [-0.4, -0.2) is 48.5 Å². The third kappa shape index (κ3) is 4.09. The summed E-state index contributed by atoms with van der Waals surface area (Å²) in [7, 11) is 0. The lowest BCUT2D eigenvalue weighted by molar-refractivity contribution is -0.122. The molecule has 0 radical (unpaired) electrons. The molecule has 2 heterocycles. The molecule has 0 saturated carbocycles. The number of aromatic nitrogens is 1. The van der Waals surface area contributed by atoms with Gasteiger partial charge in [-0.15, -0.1) is 0 Å². The summed E-state index contributed by atoms with van der Waals surface area (Å²) in [6, 6.07) is 5.84. The quantitative estimate of drug-likeness (QED) is 0.782. The molecule has 1 aliphatic rings. The molecule has 1 fully saturated rings. The molecule has 0 aromatic carbocycles. The molecule has 5 heteroatoms. The van der Waals surface area contributed by atoms with Gasteiger partial charge in [0, 0.05) is 31.9 Å². The van der Waals surface area contributed by atoms with E-state index < -0.39 is 0 Å². The summed E-state index contributed by atoms with van der Waals surface area (Å²) in [5, 5.41) is 6.18. The molecule has 0 atom stereocenters. The van der Waals surface area contributed by atoms with Crippen molar-refractivity contribution >= 4 is 5.91 Å². The summed E-state index contributed by atoms with van der Waals surface area (Å²) in [6.07, 6.45) is 0. The molecule has 5 nitrogen and oxygen atoms in total. The third-order valence-electron chi connectivity index (χ3n) is 2.99. The maximum absolute atomic E-state index is 11.8. The van der Waals surface area contributed by atoms with Gasteiger partial charge in [0.1, 0.15) is 0 Å². The average molecular weight is 248 g/mol. The van der Waals surface area contributed by atoms with Crippen LogP contribution in [-0.2, 0) is 11.3 Å². The number of amides is 1. The number of nitrogens with zero attached hydrogens (tertiary/aromatic N) is 2. The molecule has 1 aliphatic heterocycles. The number of rotatable bonds is 4. The Hall–Kier alpha value is -1.46. The summed E-state index contributed by atoms with van der Waals surface area (Å²) in [5.74, 6) is 0.0696. The van der Waals surface area contributed by atoms with E-state index in [4.69, 9.17) is 0 Å². The Balaban J connectivity index is 1.74. The topological polar surface area (TPSA) is 57.3 Å². The summed E-state index contributed by atoms with van der Waals surface area (Å²) in [4.78, 5) is 18.3. The van der Waals surface area contributed by atoms with Crippen LogP contribution in [0.4, 0.5) is 0 Å². The maximum atomic E-state index is 11.8. The molecule has 1 amide bonds. The van der Waals surface area contributed by atoms with E-state index in [9.17, 15) is 4.79 Å². The molecule has 18 heavy (non-hydrogen) atoms. The monoisotopic (exact) mass is 248 g/mol. The van der Waals surface area contributed by atoms with Crippen LogP contribution in [0.2, 0.25) is 0 Å². The van der Waals surface area contributed by atoms with E-state index in [0.29, 0.717) is 13.1 Å². The van der Waals surface area contributed by atoms with E-state index >= 15 is 0 Å². The van der Waals surface area contributed by atoms with Crippen molar-refractivity contribution in [3.8, 4) is 0 Å². The van der Waals surface area contributed by atoms with Crippen molar-refractivity contribution in [2.75, 3.05) is 32.7 Å². The van der Waals surface area contributed by atoms with Crippen molar-refractivity contribution in [2.45, 2.75) is 13.5 Å². The van der Waals surface area contributed by atoms with Crippen LogP contribution >= 0.6 is 0 Å². The van der Waals surface area contributed by atoms with Crippen LogP contribution in [0.5, 0.6) is 0 Å². The summed E-state index contributed by atoms with van der Waals surface area (Å²) >= 11 is 0. The fourth-order valence-corrected chi connectivity index (χ4v) is 2.02. The van der Waals surface area contributed by atoms with E-state index in [0.717, 1.165) is 37.6 Å². The zero-order chi connectivity index (χ0) is 12.8. The van der Waals surface area contributed by atoms with Gasteiger partial charge in [-0.05, 0) is 19.1 Å². The number of piperazine rings is 1. The number of hydrogen-bond donors (Lipinski definition) is 2. The molecule has 0 unspecified atom stereocenters. The molecular formula is C13H20N4O. The number of pyridine rings is 1. The molecular weight excluding hydrogens is 228 g/mol. The SMILES string of the molecule is Cc1cccc(CNC(=O)CN2CCNCC2)n1. The Morgan fingerprint density at radius 3 is 2.94 bits per heavy atom. The molecule has 1 saturated heterocycles. The van der Waals surface area contributed by atoms with E-state index in [1.54, 1.807) is 0 Å². The highest BCUT2D eigenvalue weighted by Gasteiger charge is 2.13. The smallest absolute Gasteiger partial charge is 0.234 e. The van der Waals surface area contributed by atoms with E-state index in [2.05, 4.69) is 20.5 Å². The molecule has 0 aliphatic carbocycles. The largest absolute Gasteiger partial charge is 0.349 e. The highest BCUT2D eigenvalue weighted by atomic mass is 16.2.